The fraction of sp³-hybridized carbons (Fsp3) is 0.143. The molecular weight excluding hydrogens is 312 g/mol. The monoisotopic (exact) mass is 334 g/mol. The lowest BCUT2D eigenvalue weighted by atomic mass is 9.84. The fourth-order valence-corrected chi connectivity index (χ4v) is 3.10. The molecule has 4 N–H and O–H groups in total. The summed E-state index contributed by atoms with van der Waals surface area (Å²) >= 11 is 0. The third-order valence-corrected chi connectivity index (χ3v) is 4.27. The molecule has 0 unspecified atom stereocenters. The van der Waals surface area contributed by atoms with Gasteiger partial charge >= 0.3 is 0 Å². The molecule has 0 aliphatic heterocycles. The van der Waals surface area contributed by atoms with E-state index in [1.165, 1.54) is 0 Å². The van der Waals surface area contributed by atoms with E-state index >= 15 is 0 Å². The van der Waals surface area contributed by atoms with Crippen molar-refractivity contribution < 1.29 is 9.47 Å². The first-order valence-electron chi connectivity index (χ1n) is 8.05. The van der Waals surface area contributed by atoms with Gasteiger partial charge in [0.25, 0.3) is 0 Å². The lowest BCUT2D eigenvalue weighted by molar-refractivity contribution is 0.403. The maximum Gasteiger partial charge on any atom is 0.125 e. The van der Waals surface area contributed by atoms with Gasteiger partial charge in [-0.15, -0.1) is 0 Å². The Labute approximate surface area is 148 Å². The van der Waals surface area contributed by atoms with Crippen molar-refractivity contribution in [2.24, 2.45) is 0 Å². The van der Waals surface area contributed by atoms with Crippen LogP contribution in [0.3, 0.4) is 0 Å². The molecule has 3 rings (SSSR count). The number of benzene rings is 3. The molecule has 25 heavy (non-hydrogen) atoms. The van der Waals surface area contributed by atoms with Crippen LogP contribution in [0.25, 0.3) is 0 Å². The van der Waals surface area contributed by atoms with Gasteiger partial charge in [-0.05, 0) is 17.7 Å². The van der Waals surface area contributed by atoms with Gasteiger partial charge in [-0.25, -0.2) is 0 Å². The van der Waals surface area contributed by atoms with E-state index in [9.17, 15) is 0 Å². The Morgan fingerprint density at radius 1 is 0.680 bits per heavy atom. The van der Waals surface area contributed by atoms with Crippen molar-refractivity contribution in [1.29, 1.82) is 0 Å². The summed E-state index contributed by atoms with van der Waals surface area (Å²) in [6, 6.07) is 21.7. The van der Waals surface area contributed by atoms with E-state index in [1.807, 2.05) is 54.6 Å². The van der Waals surface area contributed by atoms with E-state index in [1.54, 1.807) is 14.2 Å². The number of methoxy groups -OCH3 is 2. The number of anilines is 2. The molecule has 0 saturated heterocycles. The number of ether oxygens (including phenoxy) is 2. The Morgan fingerprint density at radius 2 is 1.16 bits per heavy atom. The molecule has 0 saturated carbocycles. The van der Waals surface area contributed by atoms with Crippen molar-refractivity contribution >= 4 is 11.4 Å². The highest BCUT2D eigenvalue weighted by atomic mass is 16.5. The van der Waals surface area contributed by atoms with E-state index < -0.39 is 0 Å². The maximum atomic E-state index is 5.94. The molecule has 0 bridgehead atoms. The summed E-state index contributed by atoms with van der Waals surface area (Å²) in [7, 11) is 3.31. The number of nitrogens with two attached hydrogens (primary N) is 2. The highest BCUT2D eigenvalue weighted by Gasteiger charge is 2.23. The standard InChI is InChI=1S/C21H22N2O2/c1-24-19-12-15(22)8-10-17(19)21(14-6-4-3-5-7-14)18-11-9-16(23)13-20(18)25-2/h3-13,21H,22-23H2,1-2H3. The van der Waals surface area contributed by atoms with E-state index in [2.05, 4.69) is 12.1 Å². The lowest BCUT2D eigenvalue weighted by Gasteiger charge is -2.23. The van der Waals surface area contributed by atoms with Crippen molar-refractivity contribution in [2.45, 2.75) is 5.92 Å². The van der Waals surface area contributed by atoms with Gasteiger partial charge in [-0.2, -0.15) is 0 Å². The van der Waals surface area contributed by atoms with Crippen LogP contribution in [0.2, 0.25) is 0 Å². The molecule has 0 amide bonds. The average molecular weight is 334 g/mol. The number of hydrogen-bond donors (Lipinski definition) is 2. The Morgan fingerprint density at radius 3 is 1.60 bits per heavy atom. The van der Waals surface area contributed by atoms with Gasteiger partial charge < -0.3 is 20.9 Å². The predicted octanol–water partition coefficient (Wildman–Crippen LogP) is 4.05. The first-order chi connectivity index (χ1) is 12.1. The minimum Gasteiger partial charge on any atom is -0.496 e. The first-order valence-corrected chi connectivity index (χ1v) is 8.05. The Balaban J connectivity index is 2.25. The second kappa shape index (κ2) is 7.18. The van der Waals surface area contributed by atoms with Gasteiger partial charge in [0.1, 0.15) is 11.5 Å². The molecule has 0 heterocycles. The molecule has 0 aromatic heterocycles. The SMILES string of the molecule is COc1cc(N)ccc1C(c1ccccc1)c1ccc(N)cc1OC. The summed E-state index contributed by atoms with van der Waals surface area (Å²) < 4.78 is 11.2. The number of rotatable bonds is 5. The van der Waals surface area contributed by atoms with Gasteiger partial charge in [0.05, 0.1) is 14.2 Å². The van der Waals surface area contributed by atoms with Gasteiger partial charge in [0.2, 0.25) is 0 Å². The molecular formula is C21H22N2O2. The van der Waals surface area contributed by atoms with Gasteiger partial charge in [0.15, 0.2) is 0 Å². The molecule has 3 aromatic carbocycles. The van der Waals surface area contributed by atoms with Crippen molar-refractivity contribution in [2.75, 3.05) is 25.7 Å². The summed E-state index contributed by atoms with van der Waals surface area (Å²) in [4.78, 5) is 0. The maximum absolute atomic E-state index is 5.94. The summed E-state index contributed by atoms with van der Waals surface area (Å²) in [6.07, 6.45) is 0. The zero-order chi connectivity index (χ0) is 17.8. The van der Waals surface area contributed by atoms with Crippen LogP contribution in [0.4, 0.5) is 11.4 Å². The molecule has 0 atom stereocenters. The summed E-state index contributed by atoms with van der Waals surface area (Å²) in [6.45, 7) is 0. The molecule has 0 aliphatic carbocycles. The Bertz CT molecular complexity index is 810. The summed E-state index contributed by atoms with van der Waals surface area (Å²) in [5.74, 6) is 1.42. The van der Waals surface area contributed by atoms with Crippen LogP contribution in [0, 0.1) is 0 Å². The molecule has 4 nitrogen and oxygen atoms in total. The van der Waals surface area contributed by atoms with Crippen molar-refractivity contribution in [1.82, 2.24) is 0 Å². The number of hydrogen-bond acceptors (Lipinski definition) is 4. The van der Waals surface area contributed by atoms with E-state index in [4.69, 9.17) is 20.9 Å². The predicted molar refractivity (Wildman–Crippen MR) is 102 cm³/mol. The second-order valence-electron chi connectivity index (χ2n) is 5.85. The van der Waals surface area contributed by atoms with Crippen LogP contribution < -0.4 is 20.9 Å². The van der Waals surface area contributed by atoms with Crippen LogP contribution in [0.1, 0.15) is 22.6 Å². The number of nitrogen functional groups attached to an aromatic ring is 2. The van der Waals surface area contributed by atoms with E-state index in [-0.39, 0.29) is 5.92 Å². The van der Waals surface area contributed by atoms with Crippen LogP contribution in [0.5, 0.6) is 11.5 Å². The largest absolute Gasteiger partial charge is 0.496 e. The Hall–Kier alpha value is -3.14. The topological polar surface area (TPSA) is 70.5 Å². The smallest absolute Gasteiger partial charge is 0.125 e. The fourth-order valence-electron chi connectivity index (χ4n) is 3.10. The van der Waals surface area contributed by atoms with Gasteiger partial charge in [-0.1, -0.05) is 42.5 Å². The molecule has 4 heteroatoms. The highest BCUT2D eigenvalue weighted by molar-refractivity contribution is 5.59. The molecule has 128 valence electrons. The zero-order valence-electron chi connectivity index (χ0n) is 14.4. The minimum atomic E-state index is -0.0627. The lowest BCUT2D eigenvalue weighted by Crippen LogP contribution is -2.08. The third kappa shape index (κ3) is 3.38. The third-order valence-electron chi connectivity index (χ3n) is 4.27. The van der Waals surface area contributed by atoms with Crippen molar-refractivity contribution in [3.63, 3.8) is 0 Å². The molecule has 0 radical (unpaired) electrons. The second-order valence-corrected chi connectivity index (χ2v) is 5.85. The average Bonchev–Trinajstić information content (AvgIpc) is 2.64. The molecule has 0 spiro atoms. The molecule has 0 fully saturated rings. The van der Waals surface area contributed by atoms with Gasteiger partial charge in [0, 0.05) is 40.6 Å². The summed E-state index contributed by atoms with van der Waals surface area (Å²) in [5, 5.41) is 0. The zero-order valence-corrected chi connectivity index (χ0v) is 14.4. The molecule has 3 aromatic rings. The summed E-state index contributed by atoms with van der Waals surface area (Å²) in [5.41, 5.74) is 16.4. The van der Waals surface area contributed by atoms with Crippen LogP contribution >= 0.6 is 0 Å². The quantitative estimate of drug-likeness (QED) is 0.545. The first kappa shape index (κ1) is 16.7. The highest BCUT2D eigenvalue weighted by Crippen LogP contribution is 2.42. The Kier molecular flexibility index (Phi) is 4.80. The molecule has 0 aliphatic rings. The van der Waals surface area contributed by atoms with Crippen molar-refractivity contribution in [3.05, 3.63) is 83.4 Å². The van der Waals surface area contributed by atoms with E-state index in [0.29, 0.717) is 11.4 Å². The van der Waals surface area contributed by atoms with Crippen LogP contribution in [0.15, 0.2) is 66.7 Å². The van der Waals surface area contributed by atoms with E-state index in [0.717, 1.165) is 28.2 Å². The van der Waals surface area contributed by atoms with Gasteiger partial charge in [-0.3, -0.25) is 0 Å². The van der Waals surface area contributed by atoms with Crippen LogP contribution in [-0.2, 0) is 0 Å². The van der Waals surface area contributed by atoms with Crippen LogP contribution in [-0.4, -0.2) is 14.2 Å². The van der Waals surface area contributed by atoms with Crippen molar-refractivity contribution in [3.8, 4) is 11.5 Å². The normalized spacial score (nSPS) is 10.7. The minimum absolute atomic E-state index is 0.0627.